The molecular formula is C11H21N3. The molecule has 0 fully saturated rings. The van der Waals surface area contributed by atoms with Crippen LogP contribution in [0.1, 0.15) is 43.8 Å². The van der Waals surface area contributed by atoms with Crippen LogP contribution in [0.5, 0.6) is 0 Å². The molecule has 3 heteroatoms. The third-order valence-corrected chi connectivity index (χ3v) is 2.82. The first-order chi connectivity index (χ1) is 6.65. The molecule has 0 spiro atoms. The van der Waals surface area contributed by atoms with E-state index in [1.165, 1.54) is 17.0 Å². The third-order valence-electron chi connectivity index (χ3n) is 2.82. The summed E-state index contributed by atoms with van der Waals surface area (Å²) in [7, 11) is 4.03. The van der Waals surface area contributed by atoms with Crippen LogP contribution in [0.25, 0.3) is 0 Å². The van der Waals surface area contributed by atoms with Crippen LogP contribution in [-0.4, -0.2) is 16.8 Å². The highest BCUT2D eigenvalue weighted by Gasteiger charge is 2.17. The molecule has 14 heavy (non-hydrogen) atoms. The lowest BCUT2D eigenvalue weighted by Crippen LogP contribution is -2.15. The Hall–Kier alpha value is -0.830. The molecule has 1 atom stereocenters. The average Bonchev–Trinajstić information content (AvgIpc) is 2.53. The summed E-state index contributed by atoms with van der Waals surface area (Å²) in [5, 5.41) is 7.84. The number of nitrogens with one attached hydrogen (secondary N) is 1. The number of rotatable bonds is 4. The molecule has 0 aliphatic rings. The minimum Gasteiger partial charge on any atom is -0.313 e. The van der Waals surface area contributed by atoms with Gasteiger partial charge in [0.05, 0.1) is 5.69 Å². The minimum absolute atomic E-state index is 0.397. The number of aromatic nitrogens is 2. The van der Waals surface area contributed by atoms with Crippen molar-refractivity contribution in [2.24, 2.45) is 7.05 Å². The van der Waals surface area contributed by atoms with Gasteiger partial charge >= 0.3 is 0 Å². The fraction of sp³-hybridized carbons (Fsp3) is 0.727. The molecule has 1 aromatic heterocycles. The van der Waals surface area contributed by atoms with Gasteiger partial charge in [-0.15, -0.1) is 0 Å². The largest absolute Gasteiger partial charge is 0.313 e. The molecular weight excluding hydrogens is 174 g/mol. The lowest BCUT2D eigenvalue weighted by molar-refractivity contribution is 0.634. The first-order valence-electron chi connectivity index (χ1n) is 5.37. The standard InChI is InChI=1S/C11H21N3/c1-6-9-11(8(3)12-4)10(7-2)14(5)13-9/h8,12H,6-7H2,1-5H3. The highest BCUT2D eigenvalue weighted by atomic mass is 15.3. The zero-order chi connectivity index (χ0) is 10.7. The third kappa shape index (κ3) is 1.82. The Morgan fingerprint density at radius 1 is 1.36 bits per heavy atom. The van der Waals surface area contributed by atoms with Crippen molar-refractivity contribution in [3.63, 3.8) is 0 Å². The second-order valence-electron chi connectivity index (χ2n) is 3.65. The van der Waals surface area contributed by atoms with Gasteiger partial charge in [-0.3, -0.25) is 4.68 Å². The van der Waals surface area contributed by atoms with Crippen molar-refractivity contribution < 1.29 is 0 Å². The van der Waals surface area contributed by atoms with Crippen LogP contribution in [0.3, 0.4) is 0 Å². The van der Waals surface area contributed by atoms with Crippen LogP contribution in [0, 0.1) is 0 Å². The van der Waals surface area contributed by atoms with E-state index in [2.05, 4.69) is 31.2 Å². The van der Waals surface area contributed by atoms with Crippen LogP contribution in [0.4, 0.5) is 0 Å². The normalized spacial score (nSPS) is 13.2. The Bertz CT molecular complexity index is 302. The summed E-state index contributed by atoms with van der Waals surface area (Å²) < 4.78 is 2.02. The molecule has 0 bridgehead atoms. The second-order valence-corrected chi connectivity index (χ2v) is 3.65. The fourth-order valence-corrected chi connectivity index (χ4v) is 1.96. The smallest absolute Gasteiger partial charge is 0.0672 e. The summed E-state index contributed by atoms with van der Waals surface area (Å²) in [6, 6.07) is 0.397. The fourth-order valence-electron chi connectivity index (χ4n) is 1.96. The van der Waals surface area contributed by atoms with Crippen LogP contribution in [0.2, 0.25) is 0 Å². The summed E-state index contributed by atoms with van der Waals surface area (Å²) in [6.07, 6.45) is 2.06. The van der Waals surface area contributed by atoms with E-state index in [0.29, 0.717) is 6.04 Å². The van der Waals surface area contributed by atoms with Crippen molar-refractivity contribution in [1.29, 1.82) is 0 Å². The number of hydrogen-bond donors (Lipinski definition) is 1. The lowest BCUT2D eigenvalue weighted by atomic mass is 10.0. The van der Waals surface area contributed by atoms with E-state index < -0.39 is 0 Å². The van der Waals surface area contributed by atoms with Crippen LogP contribution >= 0.6 is 0 Å². The predicted octanol–water partition coefficient (Wildman–Crippen LogP) is 1.83. The topological polar surface area (TPSA) is 29.9 Å². The maximum absolute atomic E-state index is 4.55. The molecule has 0 amide bonds. The lowest BCUT2D eigenvalue weighted by Gasteiger charge is -2.12. The summed E-state index contributed by atoms with van der Waals surface area (Å²) in [5.41, 5.74) is 3.97. The Kier molecular flexibility index (Phi) is 3.69. The first-order valence-corrected chi connectivity index (χ1v) is 5.37. The van der Waals surface area contributed by atoms with E-state index in [1.807, 2.05) is 18.8 Å². The van der Waals surface area contributed by atoms with Crippen molar-refractivity contribution >= 4 is 0 Å². The van der Waals surface area contributed by atoms with E-state index in [4.69, 9.17) is 0 Å². The number of nitrogens with zero attached hydrogens (tertiary/aromatic N) is 2. The minimum atomic E-state index is 0.397. The number of aryl methyl sites for hydroxylation is 2. The molecule has 1 rings (SSSR count). The molecule has 1 N–H and O–H groups in total. The van der Waals surface area contributed by atoms with E-state index in [1.54, 1.807) is 0 Å². The highest BCUT2D eigenvalue weighted by Crippen LogP contribution is 2.22. The van der Waals surface area contributed by atoms with Crippen molar-refractivity contribution in [3.05, 3.63) is 17.0 Å². The Balaban J connectivity index is 3.20. The number of hydrogen-bond acceptors (Lipinski definition) is 2. The Labute approximate surface area is 86.5 Å². The average molecular weight is 195 g/mol. The van der Waals surface area contributed by atoms with Gasteiger partial charge < -0.3 is 5.32 Å². The molecule has 0 radical (unpaired) electrons. The van der Waals surface area contributed by atoms with E-state index in [0.717, 1.165) is 12.8 Å². The predicted molar refractivity (Wildman–Crippen MR) is 59.4 cm³/mol. The highest BCUT2D eigenvalue weighted by molar-refractivity contribution is 5.29. The summed E-state index contributed by atoms with van der Waals surface area (Å²) >= 11 is 0. The molecule has 1 aromatic rings. The molecule has 1 unspecified atom stereocenters. The zero-order valence-corrected chi connectivity index (χ0v) is 9.89. The summed E-state index contributed by atoms with van der Waals surface area (Å²) in [6.45, 7) is 6.53. The SMILES string of the molecule is CCc1nn(C)c(CC)c1C(C)NC. The molecule has 0 aromatic carbocycles. The van der Waals surface area contributed by atoms with Crippen LogP contribution in [-0.2, 0) is 19.9 Å². The van der Waals surface area contributed by atoms with Crippen molar-refractivity contribution in [3.8, 4) is 0 Å². The van der Waals surface area contributed by atoms with Gasteiger partial charge in [0.1, 0.15) is 0 Å². The maximum Gasteiger partial charge on any atom is 0.0672 e. The monoisotopic (exact) mass is 195 g/mol. The van der Waals surface area contributed by atoms with Gasteiger partial charge in [-0.2, -0.15) is 5.10 Å². The molecule has 0 saturated heterocycles. The van der Waals surface area contributed by atoms with Crippen molar-refractivity contribution in [2.45, 2.75) is 39.7 Å². The molecule has 80 valence electrons. The molecule has 0 aliphatic heterocycles. The van der Waals surface area contributed by atoms with E-state index in [9.17, 15) is 0 Å². The van der Waals surface area contributed by atoms with Crippen molar-refractivity contribution in [1.82, 2.24) is 15.1 Å². The van der Waals surface area contributed by atoms with E-state index >= 15 is 0 Å². The van der Waals surface area contributed by atoms with Crippen LogP contribution in [0.15, 0.2) is 0 Å². The molecule has 3 nitrogen and oxygen atoms in total. The Morgan fingerprint density at radius 3 is 2.43 bits per heavy atom. The van der Waals surface area contributed by atoms with Gasteiger partial charge in [0.25, 0.3) is 0 Å². The molecule has 0 aliphatic carbocycles. The zero-order valence-electron chi connectivity index (χ0n) is 9.89. The Morgan fingerprint density at radius 2 is 2.00 bits per heavy atom. The molecule has 0 saturated carbocycles. The van der Waals surface area contributed by atoms with Gasteiger partial charge in [-0.05, 0) is 26.8 Å². The maximum atomic E-state index is 4.55. The quantitative estimate of drug-likeness (QED) is 0.794. The van der Waals surface area contributed by atoms with Gasteiger partial charge in [0, 0.05) is 24.3 Å². The van der Waals surface area contributed by atoms with Gasteiger partial charge in [0.2, 0.25) is 0 Å². The first kappa shape index (κ1) is 11.2. The van der Waals surface area contributed by atoms with Crippen LogP contribution < -0.4 is 5.32 Å². The summed E-state index contributed by atoms with van der Waals surface area (Å²) in [5.74, 6) is 0. The van der Waals surface area contributed by atoms with Gasteiger partial charge in [0.15, 0.2) is 0 Å². The van der Waals surface area contributed by atoms with Gasteiger partial charge in [-0.25, -0.2) is 0 Å². The van der Waals surface area contributed by atoms with E-state index in [-0.39, 0.29) is 0 Å². The summed E-state index contributed by atoms with van der Waals surface area (Å²) in [4.78, 5) is 0. The van der Waals surface area contributed by atoms with Crippen molar-refractivity contribution in [2.75, 3.05) is 7.05 Å². The molecule has 1 heterocycles. The second kappa shape index (κ2) is 4.60. The van der Waals surface area contributed by atoms with Gasteiger partial charge in [-0.1, -0.05) is 13.8 Å².